The Hall–Kier alpha value is -2.48. The second-order valence-electron chi connectivity index (χ2n) is 5.01. The van der Waals surface area contributed by atoms with Crippen molar-refractivity contribution in [1.29, 1.82) is 0 Å². The van der Waals surface area contributed by atoms with Crippen molar-refractivity contribution in [3.8, 4) is 0 Å². The molecule has 0 aliphatic carbocycles. The summed E-state index contributed by atoms with van der Waals surface area (Å²) in [6, 6.07) is 18.7. The van der Waals surface area contributed by atoms with Gasteiger partial charge >= 0.3 is 0 Å². The molecule has 0 unspecified atom stereocenters. The molecular formula is C18H18N2. The lowest BCUT2D eigenvalue weighted by Gasteiger charge is -1.92. The number of benzene rings is 2. The monoisotopic (exact) mass is 262 g/mol. The number of nitrogens with one attached hydrogen (secondary N) is 1. The summed E-state index contributed by atoms with van der Waals surface area (Å²) >= 11 is 0. The highest BCUT2D eigenvalue weighted by Crippen LogP contribution is 2.18. The van der Waals surface area contributed by atoms with E-state index in [1.54, 1.807) is 0 Å². The van der Waals surface area contributed by atoms with E-state index >= 15 is 0 Å². The molecule has 2 nitrogen and oxygen atoms in total. The quantitative estimate of drug-likeness (QED) is 0.476. The van der Waals surface area contributed by atoms with Crippen LogP contribution in [0.3, 0.4) is 0 Å². The maximum absolute atomic E-state index is 3.12. The largest absolute Gasteiger partial charge is 0.361 e. The predicted molar refractivity (Wildman–Crippen MR) is 86.0 cm³/mol. The third-order valence-corrected chi connectivity index (χ3v) is 3.56. The summed E-state index contributed by atoms with van der Waals surface area (Å²) in [4.78, 5) is 3.12. The number of para-hydroxylation sites is 2. The topological polar surface area (TPSA) is 20.7 Å². The molecule has 2 heterocycles. The molecule has 0 saturated heterocycles. The van der Waals surface area contributed by atoms with Crippen LogP contribution in [0.1, 0.15) is 5.56 Å². The van der Waals surface area contributed by atoms with Crippen LogP contribution < -0.4 is 0 Å². The van der Waals surface area contributed by atoms with Gasteiger partial charge in [-0.15, -0.1) is 0 Å². The minimum absolute atomic E-state index is 1.21. The van der Waals surface area contributed by atoms with E-state index in [0.29, 0.717) is 0 Å². The van der Waals surface area contributed by atoms with Gasteiger partial charge in [0.05, 0.1) is 0 Å². The van der Waals surface area contributed by atoms with Crippen molar-refractivity contribution in [3.63, 3.8) is 0 Å². The lowest BCUT2D eigenvalue weighted by atomic mass is 10.2. The van der Waals surface area contributed by atoms with Crippen LogP contribution in [0.5, 0.6) is 0 Å². The third-order valence-electron chi connectivity index (χ3n) is 3.56. The summed E-state index contributed by atoms with van der Waals surface area (Å²) < 4.78 is 2.16. The standard InChI is InChI=1S/C10H11N.C8H7N/c1-8-7-11(2)10-6-4-3-5-9(8)10;1-2-4-8-7(3-1)5-6-9-8/h3-7H,1-2H3;1-6,9H. The maximum Gasteiger partial charge on any atom is 0.0480 e. The van der Waals surface area contributed by atoms with Crippen molar-refractivity contribution in [2.45, 2.75) is 6.92 Å². The Labute approximate surface area is 118 Å². The van der Waals surface area contributed by atoms with Crippen molar-refractivity contribution in [1.82, 2.24) is 9.55 Å². The van der Waals surface area contributed by atoms with Crippen LogP contribution in [0, 0.1) is 6.92 Å². The molecule has 0 atom stereocenters. The number of hydrogen-bond acceptors (Lipinski definition) is 0. The summed E-state index contributed by atoms with van der Waals surface area (Å²) in [5, 5.41) is 2.63. The van der Waals surface area contributed by atoms with Crippen LogP contribution in [0.4, 0.5) is 0 Å². The lowest BCUT2D eigenvalue weighted by molar-refractivity contribution is 0.964. The highest BCUT2D eigenvalue weighted by atomic mass is 14.9. The minimum atomic E-state index is 1.21. The molecule has 4 aromatic rings. The molecule has 2 heteroatoms. The van der Waals surface area contributed by atoms with E-state index in [1.807, 2.05) is 18.3 Å². The number of hydrogen-bond donors (Lipinski definition) is 1. The first kappa shape index (κ1) is 12.5. The van der Waals surface area contributed by atoms with Gasteiger partial charge in [0.2, 0.25) is 0 Å². The number of rotatable bonds is 0. The molecule has 1 N–H and O–H groups in total. The lowest BCUT2D eigenvalue weighted by Crippen LogP contribution is -1.81. The first-order valence-corrected chi connectivity index (χ1v) is 6.78. The molecule has 0 aliphatic rings. The molecule has 2 aromatic carbocycles. The molecule has 0 spiro atoms. The summed E-state index contributed by atoms with van der Waals surface area (Å²) in [5.41, 5.74) is 3.87. The van der Waals surface area contributed by atoms with Gasteiger partial charge in [-0.25, -0.2) is 0 Å². The summed E-state index contributed by atoms with van der Waals surface area (Å²) in [7, 11) is 2.08. The van der Waals surface area contributed by atoms with Gasteiger partial charge in [-0.1, -0.05) is 36.4 Å². The van der Waals surface area contributed by atoms with Crippen LogP contribution in [-0.2, 0) is 7.05 Å². The SMILES string of the molecule is Cc1cn(C)c2ccccc12.c1ccc2[nH]ccc2c1. The van der Waals surface area contributed by atoms with Crippen molar-refractivity contribution in [2.24, 2.45) is 7.05 Å². The van der Waals surface area contributed by atoms with Crippen molar-refractivity contribution in [2.75, 3.05) is 0 Å². The fourth-order valence-electron chi connectivity index (χ4n) is 2.54. The Kier molecular flexibility index (Phi) is 3.30. The Morgan fingerprint density at radius 2 is 1.65 bits per heavy atom. The normalized spacial score (nSPS) is 10.5. The van der Waals surface area contributed by atoms with Gasteiger partial charge in [0.15, 0.2) is 0 Å². The highest BCUT2D eigenvalue weighted by molar-refractivity contribution is 5.83. The molecule has 20 heavy (non-hydrogen) atoms. The number of H-pyrrole nitrogens is 1. The van der Waals surface area contributed by atoms with Gasteiger partial charge < -0.3 is 9.55 Å². The van der Waals surface area contributed by atoms with E-state index < -0.39 is 0 Å². The first-order chi connectivity index (χ1) is 9.75. The first-order valence-electron chi connectivity index (χ1n) is 6.78. The molecule has 0 aliphatic heterocycles. The number of aromatic nitrogens is 2. The Morgan fingerprint density at radius 1 is 0.900 bits per heavy atom. The maximum atomic E-state index is 3.12. The van der Waals surface area contributed by atoms with Crippen LogP contribution in [0.25, 0.3) is 21.8 Å². The number of aryl methyl sites for hydroxylation is 2. The van der Waals surface area contributed by atoms with Gasteiger partial charge in [0.1, 0.15) is 0 Å². The molecule has 0 saturated carbocycles. The van der Waals surface area contributed by atoms with Gasteiger partial charge in [0, 0.05) is 35.9 Å². The number of aromatic amines is 1. The van der Waals surface area contributed by atoms with Crippen molar-refractivity contribution < 1.29 is 0 Å². The summed E-state index contributed by atoms with van der Waals surface area (Å²) in [6.45, 7) is 2.14. The zero-order valence-electron chi connectivity index (χ0n) is 11.8. The molecule has 100 valence electrons. The Bertz CT molecular complexity index is 771. The minimum Gasteiger partial charge on any atom is -0.361 e. The predicted octanol–water partition coefficient (Wildman–Crippen LogP) is 4.65. The Balaban J connectivity index is 0.000000123. The van der Waals surface area contributed by atoms with Gasteiger partial charge in [-0.3, -0.25) is 0 Å². The van der Waals surface area contributed by atoms with Crippen LogP contribution >= 0.6 is 0 Å². The second kappa shape index (κ2) is 5.25. The van der Waals surface area contributed by atoms with E-state index in [9.17, 15) is 0 Å². The highest BCUT2D eigenvalue weighted by Gasteiger charge is 1.99. The third kappa shape index (κ3) is 2.32. The number of nitrogens with zero attached hydrogens (tertiary/aromatic N) is 1. The van der Waals surface area contributed by atoms with Crippen LogP contribution in [-0.4, -0.2) is 9.55 Å². The van der Waals surface area contributed by atoms with Crippen LogP contribution in [0.15, 0.2) is 67.0 Å². The van der Waals surface area contributed by atoms with E-state index in [1.165, 1.54) is 27.4 Å². The van der Waals surface area contributed by atoms with Gasteiger partial charge in [-0.05, 0) is 36.1 Å². The average molecular weight is 262 g/mol. The zero-order chi connectivity index (χ0) is 13.9. The van der Waals surface area contributed by atoms with E-state index in [2.05, 4.69) is 72.2 Å². The molecule has 0 fully saturated rings. The molecule has 0 bridgehead atoms. The molecular weight excluding hydrogens is 244 g/mol. The molecule has 0 radical (unpaired) electrons. The fourth-order valence-corrected chi connectivity index (χ4v) is 2.54. The van der Waals surface area contributed by atoms with Crippen molar-refractivity contribution >= 4 is 21.8 Å². The van der Waals surface area contributed by atoms with Crippen molar-refractivity contribution in [3.05, 3.63) is 72.6 Å². The van der Waals surface area contributed by atoms with Crippen LogP contribution in [0.2, 0.25) is 0 Å². The van der Waals surface area contributed by atoms with E-state index in [-0.39, 0.29) is 0 Å². The summed E-state index contributed by atoms with van der Waals surface area (Å²) in [6.07, 6.45) is 4.11. The summed E-state index contributed by atoms with van der Waals surface area (Å²) in [5.74, 6) is 0. The second-order valence-corrected chi connectivity index (χ2v) is 5.01. The average Bonchev–Trinajstić information content (AvgIpc) is 3.06. The zero-order valence-corrected chi connectivity index (χ0v) is 11.8. The van der Waals surface area contributed by atoms with E-state index in [4.69, 9.17) is 0 Å². The molecule has 0 amide bonds. The van der Waals surface area contributed by atoms with Gasteiger partial charge in [0.25, 0.3) is 0 Å². The molecule has 4 rings (SSSR count). The fraction of sp³-hybridized carbons (Fsp3) is 0.111. The smallest absolute Gasteiger partial charge is 0.0480 e. The van der Waals surface area contributed by atoms with Gasteiger partial charge in [-0.2, -0.15) is 0 Å². The number of fused-ring (bicyclic) bond motifs is 2. The Morgan fingerprint density at radius 3 is 2.45 bits per heavy atom. The van der Waals surface area contributed by atoms with E-state index in [0.717, 1.165) is 0 Å². The molecule has 2 aromatic heterocycles.